The number of benzene rings is 1. The zero-order chi connectivity index (χ0) is 14.0. The Morgan fingerprint density at radius 3 is 2.84 bits per heavy atom. The number of rotatable bonds is 3. The Hall–Kier alpha value is -2.01. The summed E-state index contributed by atoms with van der Waals surface area (Å²) in [7, 11) is 0. The van der Waals surface area contributed by atoms with Crippen molar-refractivity contribution in [1.82, 2.24) is 9.55 Å². The molecule has 0 aliphatic heterocycles. The topological polar surface area (TPSA) is 72.9 Å². The van der Waals surface area contributed by atoms with Gasteiger partial charge in [-0.2, -0.15) is 0 Å². The maximum Gasteiger partial charge on any atom is 0.247 e. The fourth-order valence-corrected chi connectivity index (χ4v) is 1.99. The van der Waals surface area contributed by atoms with Crippen LogP contribution in [0.5, 0.6) is 0 Å². The molecule has 0 saturated carbocycles. The molecular weight excluding hydrogens is 264 g/mol. The number of imidazole rings is 1. The first-order valence-electron chi connectivity index (χ1n) is 5.84. The fourth-order valence-electron chi connectivity index (χ4n) is 1.81. The summed E-state index contributed by atoms with van der Waals surface area (Å²) < 4.78 is 1.79. The minimum atomic E-state index is -0.363. The van der Waals surface area contributed by atoms with Crippen molar-refractivity contribution in [3.05, 3.63) is 41.4 Å². The van der Waals surface area contributed by atoms with Crippen LogP contribution in [0, 0.1) is 6.92 Å². The number of nitrogens with zero attached hydrogens (tertiary/aromatic N) is 2. The van der Waals surface area contributed by atoms with E-state index in [0.29, 0.717) is 16.4 Å². The lowest BCUT2D eigenvalue weighted by atomic mass is 10.2. The third-order valence-corrected chi connectivity index (χ3v) is 3.17. The van der Waals surface area contributed by atoms with Crippen LogP contribution in [-0.4, -0.2) is 15.5 Å². The highest BCUT2D eigenvalue weighted by Crippen LogP contribution is 2.23. The number of hydrogen-bond acceptors (Lipinski definition) is 3. The van der Waals surface area contributed by atoms with Gasteiger partial charge >= 0.3 is 0 Å². The summed E-state index contributed by atoms with van der Waals surface area (Å²) in [5.74, 6) is 0.627. The number of nitrogen functional groups attached to an aromatic ring is 1. The summed E-state index contributed by atoms with van der Waals surface area (Å²) in [5, 5.41) is 3.32. The van der Waals surface area contributed by atoms with Crippen molar-refractivity contribution in [1.29, 1.82) is 0 Å². The van der Waals surface area contributed by atoms with Crippen LogP contribution < -0.4 is 11.1 Å². The van der Waals surface area contributed by atoms with E-state index in [2.05, 4.69) is 10.3 Å². The predicted molar refractivity (Wildman–Crippen MR) is 76.2 cm³/mol. The van der Waals surface area contributed by atoms with E-state index < -0.39 is 0 Å². The van der Waals surface area contributed by atoms with Gasteiger partial charge in [-0.1, -0.05) is 11.6 Å². The lowest BCUT2D eigenvalue weighted by Crippen LogP contribution is -2.24. The summed E-state index contributed by atoms with van der Waals surface area (Å²) in [6.07, 6.45) is 3.43. The average molecular weight is 279 g/mol. The van der Waals surface area contributed by atoms with Gasteiger partial charge < -0.3 is 15.6 Å². The van der Waals surface area contributed by atoms with Crippen LogP contribution in [0.15, 0.2) is 30.6 Å². The van der Waals surface area contributed by atoms with Gasteiger partial charge in [-0.25, -0.2) is 4.98 Å². The number of anilines is 2. The third-order valence-electron chi connectivity index (χ3n) is 2.93. The van der Waals surface area contributed by atoms with Crippen LogP contribution in [-0.2, 0) is 4.79 Å². The van der Waals surface area contributed by atoms with E-state index >= 15 is 0 Å². The molecule has 0 aliphatic rings. The molecule has 1 heterocycles. The van der Waals surface area contributed by atoms with Crippen molar-refractivity contribution in [3.63, 3.8) is 0 Å². The fraction of sp³-hybridized carbons (Fsp3) is 0.231. The van der Waals surface area contributed by atoms with Crippen LogP contribution in [0.4, 0.5) is 11.4 Å². The first kappa shape index (κ1) is 13.4. The van der Waals surface area contributed by atoms with E-state index in [1.54, 1.807) is 42.1 Å². The SMILES string of the molecule is Cc1nccn1C(C)C(=O)Nc1ccc(Cl)cc1N. The van der Waals surface area contributed by atoms with E-state index in [1.165, 1.54) is 0 Å². The highest BCUT2D eigenvalue weighted by Gasteiger charge is 2.17. The van der Waals surface area contributed by atoms with E-state index in [1.807, 2.05) is 6.92 Å². The molecule has 0 aliphatic carbocycles. The molecule has 2 rings (SSSR count). The van der Waals surface area contributed by atoms with Gasteiger partial charge in [0.25, 0.3) is 0 Å². The van der Waals surface area contributed by atoms with Gasteiger partial charge in [-0.15, -0.1) is 0 Å². The van der Waals surface area contributed by atoms with E-state index in [9.17, 15) is 4.79 Å². The molecule has 0 spiro atoms. The quantitative estimate of drug-likeness (QED) is 0.848. The Balaban J connectivity index is 2.15. The number of aryl methyl sites for hydroxylation is 1. The number of hydrogen-bond donors (Lipinski definition) is 2. The minimum Gasteiger partial charge on any atom is -0.397 e. The molecule has 1 unspecified atom stereocenters. The molecule has 1 aromatic carbocycles. The number of amides is 1. The van der Waals surface area contributed by atoms with Gasteiger partial charge in [-0.05, 0) is 32.0 Å². The van der Waals surface area contributed by atoms with Crippen molar-refractivity contribution < 1.29 is 4.79 Å². The van der Waals surface area contributed by atoms with Crippen molar-refractivity contribution in [2.75, 3.05) is 11.1 Å². The van der Waals surface area contributed by atoms with Gasteiger partial charge in [0, 0.05) is 17.4 Å². The van der Waals surface area contributed by atoms with Gasteiger partial charge in [0.2, 0.25) is 5.91 Å². The smallest absolute Gasteiger partial charge is 0.247 e. The van der Waals surface area contributed by atoms with Gasteiger partial charge in [0.05, 0.1) is 11.4 Å². The molecule has 0 fully saturated rings. The number of aromatic nitrogens is 2. The normalized spacial score (nSPS) is 12.2. The van der Waals surface area contributed by atoms with E-state index in [-0.39, 0.29) is 11.9 Å². The second kappa shape index (κ2) is 5.32. The molecule has 6 heteroatoms. The number of nitrogens with two attached hydrogens (primary N) is 1. The summed E-state index contributed by atoms with van der Waals surface area (Å²) in [4.78, 5) is 16.2. The minimum absolute atomic E-state index is 0.157. The molecule has 19 heavy (non-hydrogen) atoms. The Morgan fingerprint density at radius 1 is 1.53 bits per heavy atom. The van der Waals surface area contributed by atoms with Gasteiger partial charge in [0.15, 0.2) is 0 Å². The van der Waals surface area contributed by atoms with Crippen LogP contribution in [0.3, 0.4) is 0 Å². The predicted octanol–water partition coefficient (Wildman–Crippen LogP) is 2.63. The largest absolute Gasteiger partial charge is 0.397 e. The maximum absolute atomic E-state index is 12.2. The number of carbonyl (C=O) groups is 1. The Kier molecular flexibility index (Phi) is 3.76. The summed E-state index contributed by atoms with van der Waals surface area (Å²) >= 11 is 5.81. The van der Waals surface area contributed by atoms with Gasteiger partial charge in [-0.3, -0.25) is 4.79 Å². The lowest BCUT2D eigenvalue weighted by Gasteiger charge is -2.16. The first-order valence-corrected chi connectivity index (χ1v) is 6.22. The molecule has 1 amide bonds. The highest BCUT2D eigenvalue weighted by atomic mass is 35.5. The van der Waals surface area contributed by atoms with Crippen molar-refractivity contribution in [3.8, 4) is 0 Å². The second-order valence-corrected chi connectivity index (χ2v) is 4.71. The number of carbonyl (C=O) groups excluding carboxylic acids is 1. The molecule has 0 bridgehead atoms. The van der Waals surface area contributed by atoms with E-state index in [4.69, 9.17) is 17.3 Å². The number of nitrogens with one attached hydrogen (secondary N) is 1. The monoisotopic (exact) mass is 278 g/mol. The third kappa shape index (κ3) is 2.88. The zero-order valence-electron chi connectivity index (χ0n) is 10.7. The van der Waals surface area contributed by atoms with Crippen molar-refractivity contribution in [2.45, 2.75) is 19.9 Å². The Bertz CT molecular complexity index is 608. The zero-order valence-corrected chi connectivity index (χ0v) is 11.5. The number of halogens is 1. The summed E-state index contributed by atoms with van der Waals surface area (Å²) in [6, 6.07) is 4.60. The lowest BCUT2D eigenvalue weighted by molar-refractivity contribution is -0.118. The average Bonchev–Trinajstić information content (AvgIpc) is 2.78. The van der Waals surface area contributed by atoms with Gasteiger partial charge in [0.1, 0.15) is 11.9 Å². The first-order chi connectivity index (χ1) is 8.99. The van der Waals surface area contributed by atoms with Crippen LogP contribution in [0.2, 0.25) is 5.02 Å². The van der Waals surface area contributed by atoms with Crippen LogP contribution in [0.1, 0.15) is 18.8 Å². The van der Waals surface area contributed by atoms with Crippen LogP contribution >= 0.6 is 11.6 Å². The highest BCUT2D eigenvalue weighted by molar-refractivity contribution is 6.31. The Labute approximate surface area is 116 Å². The molecule has 5 nitrogen and oxygen atoms in total. The molecule has 1 aromatic heterocycles. The summed E-state index contributed by atoms with van der Waals surface area (Å²) in [6.45, 7) is 3.65. The second-order valence-electron chi connectivity index (χ2n) is 4.28. The summed E-state index contributed by atoms with van der Waals surface area (Å²) in [5.41, 5.74) is 6.79. The molecule has 3 N–H and O–H groups in total. The molecule has 1 atom stereocenters. The molecule has 0 saturated heterocycles. The molecule has 100 valence electrons. The molecular formula is C13H15ClN4O. The standard InChI is InChI=1S/C13H15ClN4O/c1-8(18-6-5-16-9(18)2)13(19)17-12-4-3-10(14)7-11(12)15/h3-8H,15H2,1-2H3,(H,17,19). The Morgan fingerprint density at radius 2 is 2.26 bits per heavy atom. The van der Waals surface area contributed by atoms with Crippen molar-refractivity contribution in [2.24, 2.45) is 0 Å². The maximum atomic E-state index is 12.2. The van der Waals surface area contributed by atoms with Crippen LogP contribution in [0.25, 0.3) is 0 Å². The van der Waals surface area contributed by atoms with E-state index in [0.717, 1.165) is 5.82 Å². The molecule has 0 radical (unpaired) electrons. The molecule has 2 aromatic rings. The van der Waals surface area contributed by atoms with Crippen molar-refractivity contribution >= 4 is 28.9 Å².